The van der Waals surface area contributed by atoms with Crippen LogP contribution in [-0.2, 0) is 41.9 Å². The fourth-order valence-electron chi connectivity index (χ4n) is 11.0. The summed E-state index contributed by atoms with van der Waals surface area (Å²) in [6, 6.07) is 44.9. The van der Waals surface area contributed by atoms with Crippen molar-refractivity contribution in [2.24, 2.45) is 21.7 Å². The van der Waals surface area contributed by atoms with Crippen LogP contribution >= 0.6 is 0 Å². The van der Waals surface area contributed by atoms with Crippen LogP contribution in [0, 0.1) is 21.7 Å². The van der Waals surface area contributed by atoms with Crippen molar-refractivity contribution in [1.29, 1.82) is 0 Å². The highest BCUT2D eigenvalue weighted by Gasteiger charge is 2.30. The molecule has 0 atom stereocenters. The van der Waals surface area contributed by atoms with Crippen molar-refractivity contribution in [3.05, 3.63) is 230 Å². The van der Waals surface area contributed by atoms with E-state index in [1.54, 1.807) is 6.20 Å². The van der Waals surface area contributed by atoms with Crippen molar-refractivity contribution in [1.82, 2.24) is 29.5 Å². The second-order valence-corrected chi connectivity index (χ2v) is 27.9. The van der Waals surface area contributed by atoms with Crippen molar-refractivity contribution in [3.63, 3.8) is 0 Å². The summed E-state index contributed by atoms with van der Waals surface area (Å²) in [6.45, 7) is 23.3. The topological polar surface area (TPSA) is 224 Å². The van der Waals surface area contributed by atoms with Gasteiger partial charge in [-0.05, 0) is 79.6 Å². The highest BCUT2D eigenvalue weighted by molar-refractivity contribution is 6.02. The number of aryl methyl sites for hydroxylation is 1. The number of aromatic amines is 4. The van der Waals surface area contributed by atoms with Crippen LogP contribution in [0.25, 0.3) is 22.3 Å². The van der Waals surface area contributed by atoms with E-state index >= 15 is 0 Å². The number of imidazole rings is 1. The van der Waals surface area contributed by atoms with E-state index in [1.165, 1.54) is 0 Å². The lowest BCUT2D eigenvalue weighted by Crippen LogP contribution is -2.28. The maximum Gasteiger partial charge on any atom is 0.306 e. The molecule has 1 aliphatic rings. The number of hydrogen-bond donors (Lipinski definition) is 8. The fourth-order valence-corrected chi connectivity index (χ4v) is 11.0. The first kappa shape index (κ1) is 65.0. The predicted molar refractivity (Wildman–Crippen MR) is 366 cm³/mol. The SMILES string of the molecule is CC(C)(C)C(=O)Nc1ccccc1C1=c2ccc([nH]2)=C(c2ccccc2NC(=O)C(C)(C)C)c2ccc([nH]2)C(c2ccccc2NC(=O)C(C)(C)C)=c2[nH]c(cc2COC(=O)CCCCCCCn2ccnc2)=C(c2ccccc2NC(=O)C(C)(C)C)c2ccc1[nH]2. The molecule has 8 N–H and O–H groups in total. The lowest BCUT2D eigenvalue weighted by Gasteiger charge is -2.21. The molecule has 0 spiro atoms. The number of nitrogens with zero attached hydrogens (tertiary/aromatic N) is 2. The molecule has 0 aliphatic carbocycles. The molecule has 4 amide bonds. The minimum absolute atomic E-state index is 0.132. The highest BCUT2D eigenvalue weighted by Crippen LogP contribution is 2.36. The molecule has 476 valence electrons. The quantitative estimate of drug-likeness (QED) is 0.0306. The van der Waals surface area contributed by atoms with Gasteiger partial charge in [-0.2, -0.15) is 0 Å². The third kappa shape index (κ3) is 14.9. The number of hydrogen-bond acceptors (Lipinski definition) is 7. The Bertz CT molecular complexity index is 4480. The first-order valence-corrected chi connectivity index (χ1v) is 31.8. The Balaban J connectivity index is 1.29. The Morgan fingerprint density at radius 1 is 0.424 bits per heavy atom. The first-order chi connectivity index (χ1) is 43.7. The van der Waals surface area contributed by atoms with Crippen LogP contribution in [0.4, 0.5) is 22.7 Å². The number of carbonyl (C=O) groups is 5. The van der Waals surface area contributed by atoms with Crippen LogP contribution < -0.4 is 42.7 Å². The van der Waals surface area contributed by atoms with E-state index < -0.39 is 21.7 Å². The fraction of sp³-hybridized carbons (Fsp3) is 0.316. The number of nitrogens with one attached hydrogen (secondary N) is 8. The minimum Gasteiger partial charge on any atom is -0.461 e. The average Bonchev–Trinajstić information content (AvgIpc) is 1.59. The van der Waals surface area contributed by atoms with E-state index in [2.05, 4.69) is 50.8 Å². The molecule has 0 saturated heterocycles. The molecule has 92 heavy (non-hydrogen) atoms. The van der Waals surface area contributed by atoms with Crippen LogP contribution in [-0.4, -0.2) is 59.1 Å². The number of unbranched alkanes of at least 4 members (excludes halogenated alkanes) is 4. The van der Waals surface area contributed by atoms with Gasteiger partial charge in [0, 0.05) is 159 Å². The Morgan fingerprint density at radius 3 is 1.20 bits per heavy atom. The number of benzene rings is 4. The van der Waals surface area contributed by atoms with Crippen molar-refractivity contribution in [3.8, 4) is 0 Å². The molecule has 0 fully saturated rings. The number of aromatic nitrogens is 6. The minimum atomic E-state index is -0.764. The molecule has 10 rings (SSSR count). The number of carbonyl (C=O) groups excluding carboxylic acids is 5. The maximum atomic E-state index is 14.2. The first-order valence-electron chi connectivity index (χ1n) is 31.8. The smallest absolute Gasteiger partial charge is 0.306 e. The summed E-state index contributed by atoms with van der Waals surface area (Å²) in [5.41, 5.74) is 8.14. The molecule has 1 aliphatic heterocycles. The van der Waals surface area contributed by atoms with Gasteiger partial charge in [0.1, 0.15) is 6.61 Å². The van der Waals surface area contributed by atoms with Gasteiger partial charge >= 0.3 is 5.97 Å². The van der Waals surface area contributed by atoms with E-state index in [9.17, 15) is 24.0 Å². The van der Waals surface area contributed by atoms with Crippen molar-refractivity contribution in [2.45, 2.75) is 135 Å². The van der Waals surface area contributed by atoms with Gasteiger partial charge in [-0.15, -0.1) is 0 Å². The zero-order valence-electron chi connectivity index (χ0n) is 55.0. The van der Waals surface area contributed by atoms with Gasteiger partial charge in [0.15, 0.2) is 0 Å². The van der Waals surface area contributed by atoms with Crippen LogP contribution in [0.2, 0.25) is 0 Å². The average molecular weight is 1240 g/mol. The molecule has 8 bridgehead atoms. The van der Waals surface area contributed by atoms with Gasteiger partial charge in [-0.25, -0.2) is 4.98 Å². The number of anilines is 4. The summed E-state index contributed by atoms with van der Waals surface area (Å²) in [4.78, 5) is 90.2. The standard InChI is InChI=1S/C76H86N10O6/c1-73(2,3)69(88)82-52-30-21-17-26-48(52)64-56-35-36-57(78-56)65(49-27-18-22-31-53(49)83-70(89)74(4,5)6)59-39-40-61(80-59)67(51-29-20-24-33-55(51)85-72(91)76(10,11)12)68-47(45-92-63(87)34-16-14-13-15-25-42-86-43-41-77-46-86)44-62(81-68)66(60-38-37-58(64)79-60)50-28-19-23-32-54(50)84-71(90)75(7,8)9/h17-24,26-33,35-41,43-44,46,78-81H,13-16,25,34,42,45H2,1-12H3,(H,82,88)(H,83,89)(H,84,90)(H,85,91). The van der Waals surface area contributed by atoms with Gasteiger partial charge in [0.05, 0.1) is 11.7 Å². The van der Waals surface area contributed by atoms with E-state index in [-0.39, 0.29) is 42.6 Å². The Labute approximate surface area is 538 Å². The van der Waals surface area contributed by atoms with Crippen LogP contribution in [0.1, 0.15) is 172 Å². The lowest BCUT2D eigenvalue weighted by molar-refractivity contribution is -0.145. The summed E-state index contributed by atoms with van der Waals surface area (Å²) in [7, 11) is 0. The molecule has 5 aromatic heterocycles. The molecular weight excluding hydrogens is 1150 g/mol. The largest absolute Gasteiger partial charge is 0.461 e. The van der Waals surface area contributed by atoms with Gasteiger partial charge in [0.2, 0.25) is 23.6 Å². The Kier molecular flexibility index (Phi) is 19.0. The van der Waals surface area contributed by atoms with Gasteiger partial charge in [-0.3, -0.25) is 24.0 Å². The monoisotopic (exact) mass is 1230 g/mol. The zero-order chi connectivity index (χ0) is 65.7. The number of amides is 4. The normalized spacial score (nSPS) is 12.8. The molecule has 4 aromatic carbocycles. The van der Waals surface area contributed by atoms with Gasteiger partial charge < -0.3 is 50.5 Å². The molecule has 16 heteroatoms. The maximum absolute atomic E-state index is 14.2. The van der Waals surface area contributed by atoms with Gasteiger partial charge in [-0.1, -0.05) is 175 Å². The summed E-state index contributed by atoms with van der Waals surface area (Å²) < 4.78 is 8.44. The summed E-state index contributed by atoms with van der Waals surface area (Å²) in [5.74, 6) is -1.05. The number of esters is 1. The number of para-hydroxylation sites is 4. The van der Waals surface area contributed by atoms with Crippen LogP contribution in [0.15, 0.2) is 158 Å². The molecule has 6 heterocycles. The van der Waals surface area contributed by atoms with E-state index in [4.69, 9.17) is 4.74 Å². The molecule has 16 nitrogen and oxygen atoms in total. The van der Waals surface area contributed by atoms with Crippen LogP contribution in [0.5, 0.6) is 0 Å². The van der Waals surface area contributed by atoms with Crippen molar-refractivity contribution >= 4 is 74.6 Å². The number of ether oxygens (including phenoxy) is 1. The zero-order valence-corrected chi connectivity index (χ0v) is 55.0. The van der Waals surface area contributed by atoms with Crippen molar-refractivity contribution in [2.75, 3.05) is 21.3 Å². The number of rotatable bonds is 18. The lowest BCUT2D eigenvalue weighted by atomic mass is 9.94. The molecule has 0 saturated carbocycles. The number of H-pyrrole nitrogens is 4. The third-order valence-corrected chi connectivity index (χ3v) is 16.3. The summed E-state index contributed by atoms with van der Waals surface area (Å²) in [5, 5.41) is 15.6. The Morgan fingerprint density at radius 2 is 0.793 bits per heavy atom. The number of fused-ring (bicyclic) bond motifs is 8. The van der Waals surface area contributed by atoms with Crippen molar-refractivity contribution < 1.29 is 28.7 Å². The highest BCUT2D eigenvalue weighted by atomic mass is 16.5. The Hall–Kier alpha value is -9.96. The second kappa shape index (κ2) is 26.9. The second-order valence-electron chi connectivity index (χ2n) is 27.9. The molecular formula is C76H86N10O6. The predicted octanol–water partition coefficient (Wildman–Crippen LogP) is 12.5. The van der Waals surface area contributed by atoms with E-state index in [1.807, 2.05) is 235 Å². The summed E-state index contributed by atoms with van der Waals surface area (Å²) in [6.07, 6.45) is 10.4. The molecule has 0 radical (unpaired) electrons. The van der Waals surface area contributed by atoms with Crippen LogP contribution in [0.3, 0.4) is 0 Å². The van der Waals surface area contributed by atoms with Gasteiger partial charge in [0.25, 0.3) is 0 Å². The molecule has 9 aromatic rings. The van der Waals surface area contributed by atoms with E-state index in [0.29, 0.717) is 101 Å². The molecule has 0 unspecified atom stereocenters. The third-order valence-electron chi connectivity index (χ3n) is 16.3. The summed E-state index contributed by atoms with van der Waals surface area (Å²) >= 11 is 0. The van der Waals surface area contributed by atoms with E-state index in [0.717, 1.165) is 54.5 Å².